The standard InChI is InChI=1S/C21H22N4O/c1-4-25(18-12-8-9-15(2)13-18)20-14-19(22-16(3)23-20)21(26)24-17-10-6-5-7-11-17/h5-14H,4H2,1-3H3,(H,24,26). The molecule has 5 heteroatoms. The lowest BCUT2D eigenvalue weighted by molar-refractivity contribution is 0.102. The van der Waals surface area contributed by atoms with E-state index in [9.17, 15) is 4.79 Å². The molecule has 0 spiro atoms. The van der Waals surface area contributed by atoms with Crippen LogP contribution in [0.25, 0.3) is 0 Å². The summed E-state index contributed by atoms with van der Waals surface area (Å²) in [5, 5.41) is 2.87. The monoisotopic (exact) mass is 346 g/mol. The molecule has 132 valence electrons. The van der Waals surface area contributed by atoms with Crippen LogP contribution in [-0.2, 0) is 0 Å². The van der Waals surface area contributed by atoms with Crippen LogP contribution in [0.15, 0.2) is 60.7 Å². The second-order valence-corrected chi connectivity index (χ2v) is 6.06. The number of amides is 1. The summed E-state index contributed by atoms with van der Waals surface area (Å²) in [5.74, 6) is 1.03. The molecule has 3 aromatic rings. The highest BCUT2D eigenvalue weighted by atomic mass is 16.1. The van der Waals surface area contributed by atoms with Crippen molar-refractivity contribution in [3.8, 4) is 0 Å². The molecule has 0 bridgehead atoms. The van der Waals surface area contributed by atoms with Gasteiger partial charge in [-0.15, -0.1) is 0 Å². The van der Waals surface area contributed by atoms with Gasteiger partial charge in [-0.05, 0) is 50.6 Å². The molecule has 0 aliphatic heterocycles. The number of carbonyl (C=O) groups is 1. The fourth-order valence-electron chi connectivity index (χ4n) is 2.80. The molecule has 3 rings (SSSR count). The summed E-state index contributed by atoms with van der Waals surface area (Å²) >= 11 is 0. The third-order valence-electron chi connectivity index (χ3n) is 3.99. The third kappa shape index (κ3) is 4.06. The van der Waals surface area contributed by atoms with Crippen molar-refractivity contribution in [1.29, 1.82) is 0 Å². The quantitative estimate of drug-likeness (QED) is 0.739. The molecular weight excluding hydrogens is 324 g/mol. The molecule has 1 aromatic heterocycles. The van der Waals surface area contributed by atoms with Crippen molar-refractivity contribution in [3.63, 3.8) is 0 Å². The number of rotatable bonds is 5. The summed E-state index contributed by atoms with van der Waals surface area (Å²) in [4.78, 5) is 23.5. The van der Waals surface area contributed by atoms with Crippen LogP contribution in [0.5, 0.6) is 0 Å². The maximum absolute atomic E-state index is 12.6. The average Bonchev–Trinajstić information content (AvgIpc) is 2.63. The Morgan fingerprint density at radius 2 is 1.77 bits per heavy atom. The summed E-state index contributed by atoms with van der Waals surface area (Å²) < 4.78 is 0. The lowest BCUT2D eigenvalue weighted by atomic mass is 10.2. The molecule has 0 saturated heterocycles. The molecular formula is C21H22N4O. The Labute approximate surface area is 153 Å². The number of nitrogens with zero attached hydrogens (tertiary/aromatic N) is 3. The Morgan fingerprint density at radius 3 is 2.46 bits per heavy atom. The first-order valence-electron chi connectivity index (χ1n) is 8.63. The van der Waals surface area contributed by atoms with Gasteiger partial charge in [-0.25, -0.2) is 9.97 Å². The molecule has 0 aliphatic rings. The highest BCUT2D eigenvalue weighted by molar-refractivity contribution is 6.03. The van der Waals surface area contributed by atoms with Crippen LogP contribution in [0.3, 0.4) is 0 Å². The number of benzene rings is 2. The SMILES string of the molecule is CCN(c1cccc(C)c1)c1cc(C(=O)Nc2ccccc2)nc(C)n1. The summed E-state index contributed by atoms with van der Waals surface area (Å²) in [6.45, 7) is 6.65. The summed E-state index contributed by atoms with van der Waals surface area (Å²) in [6, 6.07) is 19.3. The molecule has 26 heavy (non-hydrogen) atoms. The van der Waals surface area contributed by atoms with E-state index in [1.807, 2.05) is 42.5 Å². The minimum absolute atomic E-state index is 0.247. The van der Waals surface area contributed by atoms with E-state index in [1.54, 1.807) is 13.0 Å². The second kappa shape index (κ2) is 7.78. The molecule has 0 aliphatic carbocycles. The molecule has 0 saturated carbocycles. The van der Waals surface area contributed by atoms with E-state index in [4.69, 9.17) is 0 Å². The van der Waals surface area contributed by atoms with E-state index in [-0.39, 0.29) is 5.91 Å². The van der Waals surface area contributed by atoms with Crippen LogP contribution >= 0.6 is 0 Å². The number of aromatic nitrogens is 2. The molecule has 0 fully saturated rings. The van der Waals surface area contributed by atoms with Crippen LogP contribution in [-0.4, -0.2) is 22.4 Å². The first kappa shape index (κ1) is 17.6. The van der Waals surface area contributed by atoms with Crippen molar-refractivity contribution < 1.29 is 4.79 Å². The van der Waals surface area contributed by atoms with Crippen molar-refractivity contribution in [3.05, 3.63) is 77.7 Å². The maximum atomic E-state index is 12.6. The van der Waals surface area contributed by atoms with Crippen LogP contribution in [0.2, 0.25) is 0 Å². The number of carbonyl (C=O) groups excluding carboxylic acids is 1. The maximum Gasteiger partial charge on any atom is 0.274 e. The lowest BCUT2D eigenvalue weighted by Crippen LogP contribution is -2.21. The zero-order valence-corrected chi connectivity index (χ0v) is 15.2. The van der Waals surface area contributed by atoms with Crippen molar-refractivity contribution >= 4 is 23.1 Å². The largest absolute Gasteiger partial charge is 0.327 e. The Balaban J connectivity index is 1.92. The van der Waals surface area contributed by atoms with E-state index in [0.717, 1.165) is 17.9 Å². The van der Waals surface area contributed by atoms with Gasteiger partial charge in [-0.3, -0.25) is 4.79 Å². The predicted octanol–water partition coefficient (Wildman–Crippen LogP) is 4.50. The minimum atomic E-state index is -0.247. The molecule has 5 nitrogen and oxygen atoms in total. The molecule has 1 amide bonds. The zero-order valence-electron chi connectivity index (χ0n) is 15.2. The van der Waals surface area contributed by atoms with Crippen LogP contribution in [0, 0.1) is 13.8 Å². The van der Waals surface area contributed by atoms with E-state index < -0.39 is 0 Å². The highest BCUT2D eigenvalue weighted by Crippen LogP contribution is 2.25. The van der Waals surface area contributed by atoms with Gasteiger partial charge in [0.2, 0.25) is 0 Å². The van der Waals surface area contributed by atoms with E-state index in [2.05, 4.69) is 46.2 Å². The lowest BCUT2D eigenvalue weighted by Gasteiger charge is -2.23. The zero-order chi connectivity index (χ0) is 18.5. The topological polar surface area (TPSA) is 58.1 Å². The Kier molecular flexibility index (Phi) is 5.27. The van der Waals surface area contributed by atoms with Crippen molar-refractivity contribution in [1.82, 2.24) is 9.97 Å². The molecule has 0 radical (unpaired) electrons. The van der Waals surface area contributed by atoms with Gasteiger partial charge >= 0.3 is 0 Å². The van der Waals surface area contributed by atoms with Crippen molar-refractivity contribution in [2.75, 3.05) is 16.8 Å². The Hall–Kier alpha value is -3.21. The molecule has 0 atom stereocenters. The first-order valence-corrected chi connectivity index (χ1v) is 8.63. The fourth-order valence-corrected chi connectivity index (χ4v) is 2.80. The highest BCUT2D eigenvalue weighted by Gasteiger charge is 2.15. The Bertz CT molecular complexity index is 909. The molecule has 1 heterocycles. The smallest absolute Gasteiger partial charge is 0.274 e. The number of nitrogens with one attached hydrogen (secondary N) is 1. The minimum Gasteiger partial charge on any atom is -0.327 e. The normalized spacial score (nSPS) is 10.4. The number of anilines is 3. The Morgan fingerprint density at radius 1 is 1.00 bits per heavy atom. The van der Waals surface area contributed by atoms with Crippen molar-refractivity contribution in [2.45, 2.75) is 20.8 Å². The fraction of sp³-hybridized carbons (Fsp3) is 0.190. The van der Waals surface area contributed by atoms with Gasteiger partial charge < -0.3 is 10.2 Å². The first-order chi connectivity index (χ1) is 12.6. The molecule has 2 aromatic carbocycles. The second-order valence-electron chi connectivity index (χ2n) is 6.06. The summed E-state index contributed by atoms with van der Waals surface area (Å²) in [6.07, 6.45) is 0. The number of hydrogen-bond donors (Lipinski definition) is 1. The van der Waals surface area contributed by atoms with Crippen LogP contribution < -0.4 is 10.2 Å². The van der Waals surface area contributed by atoms with Gasteiger partial charge in [0.15, 0.2) is 0 Å². The van der Waals surface area contributed by atoms with E-state index in [0.29, 0.717) is 17.3 Å². The van der Waals surface area contributed by atoms with Crippen molar-refractivity contribution in [2.24, 2.45) is 0 Å². The number of para-hydroxylation sites is 1. The summed E-state index contributed by atoms with van der Waals surface area (Å²) in [7, 11) is 0. The predicted molar refractivity (Wildman–Crippen MR) is 105 cm³/mol. The molecule has 1 N–H and O–H groups in total. The van der Waals surface area contributed by atoms with Gasteiger partial charge in [0.25, 0.3) is 5.91 Å². The van der Waals surface area contributed by atoms with Gasteiger partial charge in [0.05, 0.1) is 0 Å². The van der Waals surface area contributed by atoms with Gasteiger partial charge in [0.1, 0.15) is 17.3 Å². The average molecular weight is 346 g/mol. The number of aryl methyl sites for hydroxylation is 2. The third-order valence-corrected chi connectivity index (χ3v) is 3.99. The van der Waals surface area contributed by atoms with E-state index in [1.165, 1.54) is 5.56 Å². The van der Waals surface area contributed by atoms with Gasteiger partial charge in [-0.1, -0.05) is 30.3 Å². The van der Waals surface area contributed by atoms with Crippen LogP contribution in [0.1, 0.15) is 28.8 Å². The van der Waals surface area contributed by atoms with Gasteiger partial charge in [0, 0.05) is 24.0 Å². The van der Waals surface area contributed by atoms with E-state index >= 15 is 0 Å². The summed E-state index contributed by atoms with van der Waals surface area (Å²) in [5.41, 5.74) is 3.30. The van der Waals surface area contributed by atoms with Gasteiger partial charge in [-0.2, -0.15) is 0 Å². The van der Waals surface area contributed by atoms with Crippen LogP contribution in [0.4, 0.5) is 17.2 Å². The number of hydrogen-bond acceptors (Lipinski definition) is 4. The molecule has 0 unspecified atom stereocenters.